The van der Waals surface area contributed by atoms with Gasteiger partial charge in [0.05, 0.1) is 5.75 Å². The third-order valence-electron chi connectivity index (χ3n) is 8.30. The van der Waals surface area contributed by atoms with E-state index in [-0.39, 0.29) is 5.75 Å². The summed E-state index contributed by atoms with van der Waals surface area (Å²) in [7, 11) is -3.62. The first-order chi connectivity index (χ1) is 16.8. The fourth-order valence-corrected chi connectivity index (χ4v) is 7.02. The molecule has 1 aromatic carbocycles. The summed E-state index contributed by atoms with van der Waals surface area (Å²) in [4.78, 5) is 17.1. The smallest absolute Gasteiger partial charge is 0.329 e. The second-order valence-corrected chi connectivity index (χ2v) is 12.1. The molecule has 2 aliphatic heterocycles. The van der Waals surface area contributed by atoms with Crippen LogP contribution in [0.15, 0.2) is 6.07 Å². The molecule has 0 bridgehead atoms. The number of urea groups is 1. The molecule has 4 aliphatic rings. The Labute approximate surface area is 211 Å². The van der Waals surface area contributed by atoms with Crippen molar-refractivity contribution in [2.24, 2.45) is 5.73 Å². The quantitative estimate of drug-likeness (QED) is 0.501. The zero-order chi connectivity index (χ0) is 25.0. The van der Waals surface area contributed by atoms with Gasteiger partial charge in [-0.3, -0.25) is 4.90 Å². The number of fused-ring (bicyclic) bond motifs is 2. The highest BCUT2D eigenvalue weighted by Gasteiger charge is 2.29. The van der Waals surface area contributed by atoms with Gasteiger partial charge in [0, 0.05) is 30.9 Å². The number of hydrogen-bond donors (Lipinski definition) is 3. The number of carbonyl (C=O) groups excluding carboxylic acids is 1. The highest BCUT2D eigenvalue weighted by Crippen LogP contribution is 2.38. The Morgan fingerprint density at radius 1 is 0.971 bits per heavy atom. The molecule has 9 heteroatoms. The summed E-state index contributed by atoms with van der Waals surface area (Å²) in [5, 5.41) is 2.89. The minimum atomic E-state index is -3.62. The number of nitrogens with zero attached hydrogens (tertiary/aromatic N) is 2. The molecule has 2 amide bonds. The number of nitrogens with one attached hydrogen (secondary N) is 2. The Hall–Kier alpha value is -1.68. The molecule has 1 aromatic rings. The molecule has 5 rings (SSSR count). The fourth-order valence-electron chi connectivity index (χ4n) is 6.00. The molecule has 0 spiro atoms. The maximum absolute atomic E-state index is 12.5. The first-order valence-electron chi connectivity index (χ1n) is 13.5. The lowest BCUT2D eigenvalue weighted by Crippen LogP contribution is -2.51. The summed E-state index contributed by atoms with van der Waals surface area (Å²) >= 11 is 0. The Kier molecular flexibility index (Phi) is 8.73. The predicted molar refractivity (Wildman–Crippen MR) is 141 cm³/mol. The average molecular weight is 506 g/mol. The van der Waals surface area contributed by atoms with Crippen LogP contribution in [0.2, 0.25) is 0 Å². The normalized spacial score (nSPS) is 23.4. The van der Waals surface area contributed by atoms with Gasteiger partial charge in [-0.25, -0.2) is 17.9 Å². The Balaban J connectivity index is 0.000000308. The fraction of sp³-hybridized carbons (Fsp3) is 0.731. The zero-order valence-electron chi connectivity index (χ0n) is 21.4. The number of carbonyl (C=O) groups is 1. The highest BCUT2D eigenvalue weighted by atomic mass is 32.2. The van der Waals surface area contributed by atoms with E-state index >= 15 is 0 Å². The van der Waals surface area contributed by atoms with Crippen molar-refractivity contribution in [3.05, 3.63) is 28.3 Å². The molecule has 2 aliphatic carbocycles. The van der Waals surface area contributed by atoms with Crippen LogP contribution in [-0.2, 0) is 35.7 Å². The molecule has 196 valence electrons. The van der Waals surface area contributed by atoms with Crippen LogP contribution in [0.25, 0.3) is 0 Å². The SMILES string of the molecule is CCN1CCC1CCS(=O)(=O)NC(=O)Nc1c2c(cc3c1CCC3)CCC2.CCN1CCC1CN. The van der Waals surface area contributed by atoms with E-state index in [1.165, 1.54) is 41.8 Å². The molecule has 2 atom stereocenters. The van der Waals surface area contributed by atoms with Crippen LogP contribution >= 0.6 is 0 Å². The van der Waals surface area contributed by atoms with E-state index < -0.39 is 16.1 Å². The van der Waals surface area contributed by atoms with Crippen LogP contribution in [0.5, 0.6) is 0 Å². The number of sulfonamides is 1. The van der Waals surface area contributed by atoms with Crippen molar-refractivity contribution in [3.8, 4) is 0 Å². The topological polar surface area (TPSA) is 108 Å². The van der Waals surface area contributed by atoms with Gasteiger partial charge in [0.15, 0.2) is 0 Å². The number of amides is 2. The number of hydrogen-bond acceptors (Lipinski definition) is 6. The van der Waals surface area contributed by atoms with Crippen LogP contribution in [0.4, 0.5) is 10.5 Å². The molecule has 2 saturated heterocycles. The number of likely N-dealkylation sites (N-methyl/N-ethyl adjacent to an activating group) is 1. The van der Waals surface area contributed by atoms with Gasteiger partial charge in [0.1, 0.15) is 0 Å². The van der Waals surface area contributed by atoms with Crippen LogP contribution in [0.1, 0.15) is 68.2 Å². The molecule has 8 nitrogen and oxygen atoms in total. The van der Waals surface area contributed by atoms with Gasteiger partial charge in [-0.2, -0.15) is 0 Å². The number of aryl methyl sites for hydroxylation is 2. The van der Waals surface area contributed by atoms with E-state index in [1.54, 1.807) is 0 Å². The molecule has 4 N–H and O–H groups in total. The van der Waals surface area contributed by atoms with E-state index in [2.05, 4.69) is 39.8 Å². The Morgan fingerprint density at radius 2 is 1.54 bits per heavy atom. The molecule has 0 saturated carbocycles. The standard InChI is InChI=1S/C20H29N3O3S.C6H14N2/c1-2-23-11-9-16(23)10-12-27(25,26)22-20(24)21-19-17-7-3-5-14(17)13-15-6-4-8-18(15)19;1-2-8-4-3-6(8)5-7/h13,16H,2-12H2,1H3,(H2,21,22,24);6H,2-5,7H2,1H3. The van der Waals surface area contributed by atoms with Gasteiger partial charge < -0.3 is 16.0 Å². The van der Waals surface area contributed by atoms with E-state index in [0.29, 0.717) is 18.5 Å². The number of nitrogens with two attached hydrogens (primary N) is 1. The molecule has 2 unspecified atom stereocenters. The molecule has 2 heterocycles. The van der Waals surface area contributed by atoms with Crippen LogP contribution in [0.3, 0.4) is 0 Å². The van der Waals surface area contributed by atoms with E-state index in [4.69, 9.17) is 5.73 Å². The van der Waals surface area contributed by atoms with Gasteiger partial charge in [-0.15, -0.1) is 0 Å². The monoisotopic (exact) mass is 505 g/mol. The van der Waals surface area contributed by atoms with E-state index in [0.717, 1.165) is 70.3 Å². The van der Waals surface area contributed by atoms with Crippen molar-refractivity contribution < 1.29 is 13.2 Å². The van der Waals surface area contributed by atoms with Gasteiger partial charge in [-0.1, -0.05) is 19.9 Å². The number of likely N-dealkylation sites (tertiary alicyclic amines) is 2. The summed E-state index contributed by atoms with van der Waals surface area (Å²) in [6, 6.07) is 2.71. The maximum atomic E-state index is 12.5. The lowest BCUT2D eigenvalue weighted by atomic mass is 9.99. The minimum Gasteiger partial charge on any atom is -0.329 e. The van der Waals surface area contributed by atoms with Crippen molar-refractivity contribution in [1.82, 2.24) is 14.5 Å². The summed E-state index contributed by atoms with van der Waals surface area (Å²) < 4.78 is 26.9. The van der Waals surface area contributed by atoms with Crippen LogP contribution in [-0.4, -0.2) is 74.8 Å². The van der Waals surface area contributed by atoms with Crippen molar-refractivity contribution >= 4 is 21.7 Å². The number of rotatable bonds is 8. The van der Waals surface area contributed by atoms with Crippen molar-refractivity contribution in [3.63, 3.8) is 0 Å². The predicted octanol–water partition coefficient (Wildman–Crippen LogP) is 2.64. The number of benzene rings is 1. The van der Waals surface area contributed by atoms with Gasteiger partial charge in [-0.05, 0) is 99.7 Å². The molecule has 0 aromatic heterocycles. The second kappa shape index (κ2) is 11.6. The molecular weight excluding hydrogens is 462 g/mol. The van der Waals surface area contributed by atoms with Crippen molar-refractivity contribution in [1.29, 1.82) is 0 Å². The summed E-state index contributed by atoms with van der Waals surface area (Å²) in [6.07, 6.45) is 9.14. The van der Waals surface area contributed by atoms with Crippen LogP contribution < -0.4 is 15.8 Å². The van der Waals surface area contributed by atoms with E-state index in [9.17, 15) is 13.2 Å². The summed E-state index contributed by atoms with van der Waals surface area (Å²) in [5.74, 6) is -0.00735. The van der Waals surface area contributed by atoms with Crippen molar-refractivity contribution in [2.45, 2.75) is 83.7 Å². The lowest BCUT2D eigenvalue weighted by Gasteiger charge is -2.40. The van der Waals surface area contributed by atoms with Gasteiger partial charge in [0.25, 0.3) is 0 Å². The maximum Gasteiger partial charge on any atom is 0.332 e. The molecule has 35 heavy (non-hydrogen) atoms. The third-order valence-corrected chi connectivity index (χ3v) is 9.57. The Bertz CT molecular complexity index is 964. The molecule has 0 radical (unpaired) electrons. The zero-order valence-corrected chi connectivity index (χ0v) is 22.3. The second-order valence-electron chi connectivity index (χ2n) is 10.3. The Morgan fingerprint density at radius 3 is 2.00 bits per heavy atom. The minimum absolute atomic E-state index is 0.00735. The lowest BCUT2D eigenvalue weighted by molar-refractivity contribution is 0.0955. The summed E-state index contributed by atoms with van der Waals surface area (Å²) in [5.41, 5.74) is 11.4. The number of anilines is 1. The summed E-state index contributed by atoms with van der Waals surface area (Å²) in [6.45, 7) is 9.53. The first kappa shape index (κ1) is 26.4. The molecule has 2 fully saturated rings. The van der Waals surface area contributed by atoms with Gasteiger partial charge >= 0.3 is 6.03 Å². The average Bonchev–Trinajstić information content (AvgIpc) is 3.42. The van der Waals surface area contributed by atoms with Crippen LogP contribution in [0, 0.1) is 0 Å². The van der Waals surface area contributed by atoms with Crippen molar-refractivity contribution in [2.75, 3.05) is 43.8 Å². The first-order valence-corrected chi connectivity index (χ1v) is 15.2. The van der Waals surface area contributed by atoms with E-state index in [1.807, 2.05) is 0 Å². The largest absolute Gasteiger partial charge is 0.332 e. The molecular formula is C26H43N5O3S. The highest BCUT2D eigenvalue weighted by molar-refractivity contribution is 7.90. The third kappa shape index (κ3) is 6.18. The van der Waals surface area contributed by atoms with Gasteiger partial charge in [0.2, 0.25) is 10.0 Å².